The van der Waals surface area contributed by atoms with Crippen LogP contribution in [0.5, 0.6) is 0 Å². The molecule has 1 heterocycles. The van der Waals surface area contributed by atoms with Gasteiger partial charge in [-0.15, -0.1) is 10.2 Å². The van der Waals surface area contributed by atoms with Crippen LogP contribution in [-0.2, 0) is 10.0 Å². The Bertz CT molecular complexity index is 750. The zero-order valence-electron chi connectivity index (χ0n) is 10.3. The van der Waals surface area contributed by atoms with Gasteiger partial charge in [-0.3, -0.25) is 4.72 Å². The number of hydrogen-bond donors (Lipinski definition) is 2. The number of hydrogen-bond acceptors (Lipinski definition) is 5. The van der Waals surface area contributed by atoms with Crippen LogP contribution < -0.4 is 10.5 Å². The summed E-state index contributed by atoms with van der Waals surface area (Å²) in [5.74, 6) is 0.0790. The molecule has 106 valence electrons. The van der Waals surface area contributed by atoms with Gasteiger partial charge in [0, 0.05) is 10.2 Å². The second kappa shape index (κ2) is 5.55. The molecule has 1 aromatic heterocycles. The predicted molar refractivity (Wildman–Crippen MR) is 81.1 cm³/mol. The van der Waals surface area contributed by atoms with Gasteiger partial charge in [-0.05, 0) is 52.7 Å². The van der Waals surface area contributed by atoms with Crippen LogP contribution in [0.1, 0.15) is 5.56 Å². The first kappa shape index (κ1) is 15.0. The van der Waals surface area contributed by atoms with E-state index in [2.05, 4.69) is 30.8 Å². The summed E-state index contributed by atoms with van der Waals surface area (Å²) < 4.78 is 27.5. The molecule has 0 spiro atoms. The highest BCUT2D eigenvalue weighted by Crippen LogP contribution is 2.27. The Morgan fingerprint density at radius 2 is 2.00 bits per heavy atom. The van der Waals surface area contributed by atoms with Crippen molar-refractivity contribution in [2.24, 2.45) is 0 Å². The quantitative estimate of drug-likeness (QED) is 0.801. The van der Waals surface area contributed by atoms with E-state index in [-0.39, 0.29) is 15.9 Å². The molecule has 0 atom stereocenters. The topological polar surface area (TPSA) is 98.0 Å². The number of nitrogens with one attached hydrogen (secondary N) is 1. The van der Waals surface area contributed by atoms with E-state index in [4.69, 9.17) is 17.3 Å². The summed E-state index contributed by atoms with van der Waals surface area (Å²) in [6, 6.07) is 5.88. The number of benzene rings is 1. The Kier molecular flexibility index (Phi) is 4.17. The van der Waals surface area contributed by atoms with E-state index in [0.717, 1.165) is 0 Å². The first-order valence-corrected chi connectivity index (χ1v) is 8.02. The fraction of sp³-hybridized carbons (Fsp3) is 0.0909. The lowest BCUT2D eigenvalue weighted by Crippen LogP contribution is -2.16. The van der Waals surface area contributed by atoms with E-state index in [0.29, 0.717) is 15.7 Å². The summed E-state index contributed by atoms with van der Waals surface area (Å²) in [5, 5.41) is 7.39. The maximum Gasteiger partial charge on any atom is 0.263 e. The summed E-state index contributed by atoms with van der Waals surface area (Å²) in [7, 11) is -3.79. The fourth-order valence-electron chi connectivity index (χ4n) is 1.52. The van der Waals surface area contributed by atoms with Crippen LogP contribution in [0.4, 0.5) is 11.5 Å². The fourth-order valence-corrected chi connectivity index (χ4v) is 3.34. The molecule has 0 unspecified atom stereocenters. The molecule has 0 fully saturated rings. The predicted octanol–water partition coefficient (Wildman–Crippen LogP) is 2.58. The molecule has 0 bridgehead atoms. The molecule has 1 aromatic carbocycles. The Morgan fingerprint density at radius 3 is 2.60 bits per heavy atom. The van der Waals surface area contributed by atoms with E-state index in [1.807, 2.05) is 0 Å². The molecule has 0 aliphatic heterocycles. The zero-order chi connectivity index (χ0) is 14.9. The summed E-state index contributed by atoms with van der Waals surface area (Å²) in [4.78, 5) is 0.0787. The van der Waals surface area contributed by atoms with E-state index in [9.17, 15) is 8.42 Å². The first-order chi connectivity index (χ1) is 9.29. The second-order valence-electron chi connectivity index (χ2n) is 3.99. The number of nitrogens with two attached hydrogens (primary N) is 1. The third-order valence-electron chi connectivity index (χ3n) is 2.45. The van der Waals surface area contributed by atoms with Gasteiger partial charge in [0.25, 0.3) is 10.0 Å². The van der Waals surface area contributed by atoms with Gasteiger partial charge < -0.3 is 5.73 Å². The molecule has 20 heavy (non-hydrogen) atoms. The van der Waals surface area contributed by atoms with Crippen LogP contribution in [0.2, 0.25) is 5.15 Å². The third-order valence-corrected chi connectivity index (χ3v) is 4.84. The van der Waals surface area contributed by atoms with E-state index < -0.39 is 10.0 Å². The average molecular weight is 378 g/mol. The number of nitrogen functional groups attached to an aromatic ring is 1. The van der Waals surface area contributed by atoms with Crippen LogP contribution >= 0.6 is 27.5 Å². The Morgan fingerprint density at radius 1 is 1.30 bits per heavy atom. The van der Waals surface area contributed by atoms with Crippen molar-refractivity contribution < 1.29 is 8.42 Å². The molecule has 2 aromatic rings. The van der Waals surface area contributed by atoms with Gasteiger partial charge in [0.2, 0.25) is 0 Å². The van der Waals surface area contributed by atoms with Crippen LogP contribution in [0.25, 0.3) is 0 Å². The van der Waals surface area contributed by atoms with Crippen molar-refractivity contribution in [3.05, 3.63) is 39.5 Å². The first-order valence-electron chi connectivity index (χ1n) is 5.37. The maximum atomic E-state index is 12.3. The van der Waals surface area contributed by atoms with Gasteiger partial charge in [0.05, 0.1) is 4.90 Å². The smallest absolute Gasteiger partial charge is 0.263 e. The molecular weight excluding hydrogens is 368 g/mol. The highest BCUT2D eigenvalue weighted by atomic mass is 79.9. The van der Waals surface area contributed by atoms with Gasteiger partial charge >= 0.3 is 0 Å². The molecule has 0 saturated carbocycles. The summed E-state index contributed by atoms with van der Waals surface area (Å²) in [5.41, 5.74) is 6.60. The van der Waals surface area contributed by atoms with Gasteiger partial charge in [0.15, 0.2) is 11.0 Å². The largest absolute Gasteiger partial charge is 0.398 e. The van der Waals surface area contributed by atoms with Crippen molar-refractivity contribution >= 4 is 49.1 Å². The van der Waals surface area contributed by atoms with Gasteiger partial charge in [0.1, 0.15) is 0 Å². The van der Waals surface area contributed by atoms with Crippen LogP contribution in [0.15, 0.2) is 33.6 Å². The van der Waals surface area contributed by atoms with Crippen molar-refractivity contribution in [2.45, 2.75) is 11.8 Å². The van der Waals surface area contributed by atoms with Crippen molar-refractivity contribution in [2.75, 3.05) is 10.5 Å². The molecule has 0 saturated heterocycles. The van der Waals surface area contributed by atoms with Crippen LogP contribution in [0.3, 0.4) is 0 Å². The molecule has 6 nitrogen and oxygen atoms in total. The minimum absolute atomic E-state index is 0.0787. The SMILES string of the molecule is Cc1cc(Br)c(N)cc1S(=O)(=O)Nc1ccc(Cl)nn1. The molecule has 0 aliphatic rings. The summed E-state index contributed by atoms with van der Waals surface area (Å²) in [6.07, 6.45) is 0. The summed E-state index contributed by atoms with van der Waals surface area (Å²) in [6.45, 7) is 1.67. The molecule has 9 heteroatoms. The lowest BCUT2D eigenvalue weighted by Gasteiger charge is -2.11. The Hall–Kier alpha value is -1.38. The molecule has 0 amide bonds. The second-order valence-corrected chi connectivity index (χ2v) is 6.88. The summed E-state index contributed by atoms with van der Waals surface area (Å²) >= 11 is 8.84. The number of anilines is 2. The zero-order valence-corrected chi connectivity index (χ0v) is 13.4. The lowest BCUT2D eigenvalue weighted by molar-refractivity contribution is 0.600. The van der Waals surface area contributed by atoms with Crippen molar-refractivity contribution in [1.29, 1.82) is 0 Å². The standard InChI is InChI=1S/C11H10BrClN4O2S/c1-6-4-7(12)8(14)5-9(6)20(18,19)17-11-3-2-10(13)15-16-11/h2-5H,14H2,1H3,(H,16,17). The highest BCUT2D eigenvalue weighted by molar-refractivity contribution is 9.10. The average Bonchev–Trinajstić information content (AvgIpc) is 2.36. The molecule has 0 aliphatic carbocycles. The van der Waals surface area contributed by atoms with Gasteiger partial charge in [-0.25, -0.2) is 8.42 Å². The van der Waals surface area contributed by atoms with Crippen LogP contribution in [-0.4, -0.2) is 18.6 Å². The highest BCUT2D eigenvalue weighted by Gasteiger charge is 2.19. The van der Waals surface area contributed by atoms with Crippen molar-refractivity contribution in [3.63, 3.8) is 0 Å². The maximum absolute atomic E-state index is 12.3. The minimum Gasteiger partial charge on any atom is -0.398 e. The van der Waals surface area contributed by atoms with Crippen LogP contribution in [0, 0.1) is 6.92 Å². The number of aromatic nitrogens is 2. The number of rotatable bonds is 3. The normalized spacial score (nSPS) is 11.3. The lowest BCUT2D eigenvalue weighted by atomic mass is 10.2. The number of nitrogens with zero attached hydrogens (tertiary/aromatic N) is 2. The third kappa shape index (κ3) is 3.20. The van der Waals surface area contributed by atoms with Crippen molar-refractivity contribution in [1.82, 2.24) is 10.2 Å². The van der Waals surface area contributed by atoms with E-state index in [1.165, 1.54) is 18.2 Å². The molecule has 0 radical (unpaired) electrons. The van der Waals surface area contributed by atoms with E-state index in [1.54, 1.807) is 13.0 Å². The van der Waals surface area contributed by atoms with Gasteiger partial charge in [-0.1, -0.05) is 11.6 Å². The monoisotopic (exact) mass is 376 g/mol. The minimum atomic E-state index is -3.79. The molecule has 2 rings (SSSR count). The Balaban J connectivity index is 2.40. The Labute approximate surface area is 129 Å². The number of sulfonamides is 1. The van der Waals surface area contributed by atoms with E-state index >= 15 is 0 Å². The molecular formula is C11H10BrClN4O2S. The number of aryl methyl sites for hydroxylation is 1. The van der Waals surface area contributed by atoms with Crippen molar-refractivity contribution in [3.8, 4) is 0 Å². The van der Waals surface area contributed by atoms with Gasteiger partial charge in [-0.2, -0.15) is 0 Å². The molecule has 3 N–H and O–H groups in total. The number of halogens is 2.